The summed E-state index contributed by atoms with van der Waals surface area (Å²) >= 11 is 0. The molecule has 0 radical (unpaired) electrons. The minimum atomic E-state index is 0.00458. The second-order valence-electron chi connectivity index (χ2n) is 3.18. The Hall–Kier alpha value is -1.90. The van der Waals surface area contributed by atoms with Crippen molar-refractivity contribution in [3.05, 3.63) is 35.5 Å². The van der Waals surface area contributed by atoms with Gasteiger partial charge in [-0.1, -0.05) is 0 Å². The molecule has 0 aliphatic rings. The molecule has 2 rings (SSSR count). The van der Waals surface area contributed by atoms with E-state index in [1.165, 1.54) is 6.92 Å². The molecule has 0 aliphatic carbocycles. The van der Waals surface area contributed by atoms with Crippen LogP contribution in [0.1, 0.15) is 27.6 Å². The summed E-state index contributed by atoms with van der Waals surface area (Å²) in [5, 5.41) is 0.799. The number of hydrogen-bond donors (Lipinski definition) is 1. The van der Waals surface area contributed by atoms with E-state index in [0.29, 0.717) is 11.1 Å². The molecule has 1 N–H and O–H groups in total. The number of aldehydes is 1. The molecule has 14 heavy (non-hydrogen) atoms. The zero-order valence-corrected chi connectivity index (χ0v) is 7.70. The van der Waals surface area contributed by atoms with E-state index < -0.39 is 0 Å². The Morgan fingerprint density at radius 3 is 2.86 bits per heavy atom. The van der Waals surface area contributed by atoms with Gasteiger partial charge in [0.25, 0.3) is 0 Å². The van der Waals surface area contributed by atoms with Crippen molar-refractivity contribution in [2.75, 3.05) is 0 Å². The van der Waals surface area contributed by atoms with Gasteiger partial charge in [0.2, 0.25) is 0 Å². The standard InChI is InChI=1S/C11H9NO2/c1-7(14)8-2-3-11-10(4-8)9(6-13)5-12-11/h2-6,12H,1H3. The molecule has 0 saturated heterocycles. The second kappa shape index (κ2) is 3.10. The van der Waals surface area contributed by atoms with Crippen molar-refractivity contribution >= 4 is 23.0 Å². The van der Waals surface area contributed by atoms with Gasteiger partial charge in [-0.3, -0.25) is 9.59 Å². The van der Waals surface area contributed by atoms with Crippen molar-refractivity contribution in [2.24, 2.45) is 0 Å². The molecule has 0 unspecified atom stereocenters. The summed E-state index contributed by atoms with van der Waals surface area (Å²) in [6, 6.07) is 5.28. The third kappa shape index (κ3) is 1.23. The first-order chi connectivity index (χ1) is 6.72. The number of hydrogen-bond acceptors (Lipinski definition) is 2. The number of H-pyrrole nitrogens is 1. The fourth-order valence-corrected chi connectivity index (χ4v) is 1.46. The number of aromatic amines is 1. The number of nitrogens with one attached hydrogen (secondary N) is 1. The number of aromatic nitrogens is 1. The van der Waals surface area contributed by atoms with Gasteiger partial charge in [-0.25, -0.2) is 0 Å². The molecule has 0 bridgehead atoms. The molecule has 3 nitrogen and oxygen atoms in total. The van der Waals surface area contributed by atoms with Gasteiger partial charge in [0.05, 0.1) is 0 Å². The van der Waals surface area contributed by atoms with Crippen LogP contribution < -0.4 is 0 Å². The molecule has 1 heterocycles. The lowest BCUT2D eigenvalue weighted by atomic mass is 10.1. The molecule has 0 saturated carbocycles. The van der Waals surface area contributed by atoms with Gasteiger partial charge in [-0.15, -0.1) is 0 Å². The lowest BCUT2D eigenvalue weighted by Gasteiger charge is -1.95. The Labute approximate surface area is 80.7 Å². The SMILES string of the molecule is CC(=O)c1ccc2[nH]cc(C=O)c2c1. The average molecular weight is 187 g/mol. The predicted octanol–water partition coefficient (Wildman–Crippen LogP) is 2.18. The molecule has 0 aliphatic heterocycles. The number of fused-ring (bicyclic) bond motifs is 1. The van der Waals surface area contributed by atoms with Gasteiger partial charge in [-0.2, -0.15) is 0 Å². The van der Waals surface area contributed by atoms with Crippen molar-refractivity contribution < 1.29 is 9.59 Å². The Balaban J connectivity index is 2.73. The molecule has 2 aromatic rings. The molecule has 1 aromatic carbocycles. The number of Topliss-reactive ketones (excluding diaryl/α,β-unsaturated/α-hetero) is 1. The topological polar surface area (TPSA) is 49.9 Å². The van der Waals surface area contributed by atoms with E-state index in [-0.39, 0.29) is 5.78 Å². The molecule has 70 valence electrons. The van der Waals surface area contributed by atoms with E-state index in [9.17, 15) is 9.59 Å². The lowest BCUT2D eigenvalue weighted by molar-refractivity contribution is 0.101. The number of ketones is 1. The Bertz CT molecular complexity index is 511. The minimum absolute atomic E-state index is 0.00458. The summed E-state index contributed by atoms with van der Waals surface area (Å²) in [4.78, 5) is 24.7. The van der Waals surface area contributed by atoms with Crippen molar-refractivity contribution in [3.8, 4) is 0 Å². The molecule has 1 aromatic heterocycles. The van der Waals surface area contributed by atoms with Crippen LogP contribution in [0.3, 0.4) is 0 Å². The number of rotatable bonds is 2. The van der Waals surface area contributed by atoms with E-state index in [0.717, 1.165) is 17.2 Å². The van der Waals surface area contributed by atoms with E-state index in [4.69, 9.17) is 0 Å². The van der Waals surface area contributed by atoms with Crippen LogP contribution in [0, 0.1) is 0 Å². The maximum absolute atomic E-state index is 11.1. The van der Waals surface area contributed by atoms with Crippen LogP contribution in [0.25, 0.3) is 10.9 Å². The van der Waals surface area contributed by atoms with Crippen molar-refractivity contribution in [1.82, 2.24) is 4.98 Å². The quantitative estimate of drug-likeness (QED) is 0.578. The number of benzene rings is 1. The van der Waals surface area contributed by atoms with Gasteiger partial charge in [-0.05, 0) is 25.1 Å². The predicted molar refractivity (Wildman–Crippen MR) is 53.7 cm³/mol. The highest BCUT2D eigenvalue weighted by Crippen LogP contribution is 2.18. The molecule has 0 amide bonds. The van der Waals surface area contributed by atoms with Gasteiger partial charge < -0.3 is 4.98 Å². The molecule has 0 spiro atoms. The lowest BCUT2D eigenvalue weighted by Crippen LogP contribution is -1.90. The maximum atomic E-state index is 11.1. The molecular weight excluding hydrogens is 178 g/mol. The van der Waals surface area contributed by atoms with Crippen LogP contribution in [0.2, 0.25) is 0 Å². The first kappa shape index (κ1) is 8.69. The molecule has 0 atom stereocenters. The molecular formula is C11H9NO2. The minimum Gasteiger partial charge on any atom is -0.360 e. The fourth-order valence-electron chi connectivity index (χ4n) is 1.46. The van der Waals surface area contributed by atoms with Crippen LogP contribution in [-0.2, 0) is 0 Å². The van der Waals surface area contributed by atoms with Crippen molar-refractivity contribution in [1.29, 1.82) is 0 Å². The monoisotopic (exact) mass is 187 g/mol. The highest BCUT2D eigenvalue weighted by Gasteiger charge is 2.05. The van der Waals surface area contributed by atoms with Gasteiger partial charge in [0.15, 0.2) is 12.1 Å². The van der Waals surface area contributed by atoms with E-state index >= 15 is 0 Å². The van der Waals surface area contributed by atoms with Crippen molar-refractivity contribution in [2.45, 2.75) is 6.92 Å². The fraction of sp³-hybridized carbons (Fsp3) is 0.0909. The number of carbonyl (C=O) groups is 2. The summed E-state index contributed by atoms with van der Waals surface area (Å²) in [7, 11) is 0. The molecule has 3 heteroatoms. The zero-order chi connectivity index (χ0) is 10.1. The van der Waals surface area contributed by atoms with E-state index in [1.807, 2.05) is 0 Å². The van der Waals surface area contributed by atoms with Gasteiger partial charge in [0, 0.05) is 28.2 Å². The summed E-state index contributed by atoms with van der Waals surface area (Å²) in [5.74, 6) is 0.00458. The highest BCUT2D eigenvalue weighted by atomic mass is 16.1. The maximum Gasteiger partial charge on any atom is 0.159 e. The zero-order valence-electron chi connectivity index (χ0n) is 7.70. The molecule has 0 fully saturated rings. The number of carbonyl (C=O) groups excluding carboxylic acids is 2. The summed E-state index contributed by atoms with van der Waals surface area (Å²) in [6.07, 6.45) is 2.42. The van der Waals surface area contributed by atoms with Crippen LogP contribution >= 0.6 is 0 Å². The van der Waals surface area contributed by atoms with E-state index in [1.54, 1.807) is 24.4 Å². The Kier molecular flexibility index (Phi) is 1.93. The summed E-state index contributed by atoms with van der Waals surface area (Å²) in [6.45, 7) is 1.51. The average Bonchev–Trinajstić information content (AvgIpc) is 2.59. The van der Waals surface area contributed by atoms with Crippen LogP contribution in [-0.4, -0.2) is 17.1 Å². The van der Waals surface area contributed by atoms with Crippen LogP contribution in [0.5, 0.6) is 0 Å². The first-order valence-corrected chi connectivity index (χ1v) is 4.29. The van der Waals surface area contributed by atoms with Gasteiger partial charge in [0.1, 0.15) is 0 Å². The second-order valence-corrected chi connectivity index (χ2v) is 3.18. The smallest absolute Gasteiger partial charge is 0.159 e. The first-order valence-electron chi connectivity index (χ1n) is 4.29. The van der Waals surface area contributed by atoms with E-state index in [2.05, 4.69) is 4.98 Å². The normalized spacial score (nSPS) is 10.4. The highest BCUT2D eigenvalue weighted by molar-refractivity contribution is 6.02. The van der Waals surface area contributed by atoms with Crippen LogP contribution in [0.15, 0.2) is 24.4 Å². The van der Waals surface area contributed by atoms with Gasteiger partial charge >= 0.3 is 0 Å². The van der Waals surface area contributed by atoms with Crippen molar-refractivity contribution in [3.63, 3.8) is 0 Å². The summed E-state index contributed by atoms with van der Waals surface area (Å²) in [5.41, 5.74) is 2.08. The Morgan fingerprint density at radius 1 is 1.43 bits per heavy atom. The van der Waals surface area contributed by atoms with Crippen LogP contribution in [0.4, 0.5) is 0 Å². The summed E-state index contributed by atoms with van der Waals surface area (Å²) < 4.78 is 0. The Morgan fingerprint density at radius 2 is 2.21 bits per heavy atom. The largest absolute Gasteiger partial charge is 0.360 e. The third-order valence-electron chi connectivity index (χ3n) is 2.25. The third-order valence-corrected chi connectivity index (χ3v) is 2.25.